The van der Waals surface area contributed by atoms with Gasteiger partial charge in [-0.25, -0.2) is 0 Å². The summed E-state index contributed by atoms with van der Waals surface area (Å²) in [7, 11) is 0. The van der Waals surface area contributed by atoms with Gasteiger partial charge in [0.1, 0.15) is 0 Å². The molecule has 1 fully saturated rings. The predicted octanol–water partition coefficient (Wildman–Crippen LogP) is 5.94. The molecule has 2 atom stereocenters. The molecule has 118 valence electrons. The average molecular weight is 321 g/mol. The molecule has 1 saturated carbocycles. The molecule has 4 rings (SSSR count). The average Bonchev–Trinajstić information content (AvgIpc) is 3.10. The second-order valence-corrected chi connectivity index (χ2v) is 7.45. The number of aryl methyl sites for hydroxylation is 1. The molecule has 0 saturated heterocycles. The number of thiol groups is 1. The van der Waals surface area contributed by atoms with E-state index in [-0.39, 0.29) is 5.41 Å². The van der Waals surface area contributed by atoms with E-state index in [0.717, 1.165) is 12.2 Å². The van der Waals surface area contributed by atoms with Crippen LogP contribution in [-0.2, 0) is 5.41 Å². The second kappa shape index (κ2) is 5.87. The lowest BCUT2D eigenvalue weighted by molar-refractivity contribution is 0.453. The monoisotopic (exact) mass is 320 g/mol. The molecular weight excluding hydrogens is 296 g/mol. The van der Waals surface area contributed by atoms with Gasteiger partial charge in [0.25, 0.3) is 0 Å². The highest BCUT2D eigenvalue weighted by molar-refractivity contribution is 7.80. The molecule has 23 heavy (non-hydrogen) atoms. The van der Waals surface area contributed by atoms with Gasteiger partial charge in [0, 0.05) is 5.41 Å². The Hall–Kier alpha value is -1.47. The van der Waals surface area contributed by atoms with Gasteiger partial charge in [-0.3, -0.25) is 0 Å². The maximum Gasteiger partial charge on any atom is 0.0277 e. The van der Waals surface area contributed by atoms with Crippen LogP contribution in [-0.4, -0.2) is 5.75 Å². The molecule has 2 aromatic carbocycles. The zero-order valence-electron chi connectivity index (χ0n) is 13.8. The van der Waals surface area contributed by atoms with Crippen LogP contribution in [0.15, 0.2) is 54.6 Å². The number of benzene rings is 2. The summed E-state index contributed by atoms with van der Waals surface area (Å²) in [4.78, 5) is 0. The third-order valence-electron chi connectivity index (χ3n) is 5.74. The van der Waals surface area contributed by atoms with Crippen LogP contribution in [0.25, 0.3) is 11.1 Å². The lowest BCUT2D eigenvalue weighted by atomic mass is 9.70. The lowest BCUT2D eigenvalue weighted by Crippen LogP contribution is -2.28. The van der Waals surface area contributed by atoms with E-state index in [1.807, 2.05) is 0 Å². The molecule has 1 spiro atoms. The van der Waals surface area contributed by atoms with E-state index < -0.39 is 0 Å². The van der Waals surface area contributed by atoms with Crippen LogP contribution in [0, 0.1) is 12.8 Å². The molecule has 2 aliphatic carbocycles. The van der Waals surface area contributed by atoms with Gasteiger partial charge in [-0.15, -0.1) is 0 Å². The fourth-order valence-electron chi connectivity index (χ4n) is 4.81. The van der Waals surface area contributed by atoms with E-state index in [2.05, 4.69) is 74.2 Å². The Balaban J connectivity index is 1.92. The summed E-state index contributed by atoms with van der Waals surface area (Å²) in [5.74, 6) is 1.55. The maximum absolute atomic E-state index is 4.35. The fourth-order valence-corrected chi connectivity index (χ4v) is 4.96. The SMILES string of the molecule is Cc1ccc2c(c1)C1(CCCC1/C=C/CCS)c1ccccc1-2. The van der Waals surface area contributed by atoms with Gasteiger partial charge in [-0.2, -0.15) is 12.6 Å². The summed E-state index contributed by atoms with van der Waals surface area (Å²) < 4.78 is 0. The minimum Gasteiger partial charge on any atom is -0.179 e. The molecule has 0 aliphatic heterocycles. The van der Waals surface area contributed by atoms with Crippen molar-refractivity contribution in [2.45, 2.75) is 38.0 Å². The topological polar surface area (TPSA) is 0 Å². The molecule has 0 nitrogen and oxygen atoms in total. The zero-order valence-corrected chi connectivity index (χ0v) is 14.7. The fraction of sp³-hybridized carbons (Fsp3) is 0.364. The normalized spacial score (nSPS) is 25.2. The van der Waals surface area contributed by atoms with Gasteiger partial charge in [0.05, 0.1) is 0 Å². The number of fused-ring (bicyclic) bond motifs is 5. The van der Waals surface area contributed by atoms with Crippen LogP contribution in [0.5, 0.6) is 0 Å². The highest BCUT2D eigenvalue weighted by atomic mass is 32.1. The van der Waals surface area contributed by atoms with Gasteiger partial charge in [0.15, 0.2) is 0 Å². The van der Waals surface area contributed by atoms with Gasteiger partial charge >= 0.3 is 0 Å². The van der Waals surface area contributed by atoms with Gasteiger partial charge in [0.2, 0.25) is 0 Å². The quantitative estimate of drug-likeness (QED) is 0.525. The molecule has 0 heterocycles. The van der Waals surface area contributed by atoms with Crippen LogP contribution in [0.4, 0.5) is 0 Å². The Labute approximate surface area is 145 Å². The molecule has 0 amide bonds. The van der Waals surface area contributed by atoms with Crippen molar-refractivity contribution in [3.05, 3.63) is 71.3 Å². The van der Waals surface area contributed by atoms with Crippen molar-refractivity contribution in [1.29, 1.82) is 0 Å². The molecule has 2 unspecified atom stereocenters. The van der Waals surface area contributed by atoms with Crippen molar-refractivity contribution in [2.24, 2.45) is 5.92 Å². The molecule has 2 aromatic rings. The molecule has 0 aromatic heterocycles. The minimum atomic E-state index is 0.199. The predicted molar refractivity (Wildman–Crippen MR) is 102 cm³/mol. The first kappa shape index (κ1) is 15.1. The summed E-state index contributed by atoms with van der Waals surface area (Å²) in [6.45, 7) is 2.22. The van der Waals surface area contributed by atoms with Gasteiger partial charge in [-0.1, -0.05) is 66.6 Å². The first-order valence-electron chi connectivity index (χ1n) is 8.76. The van der Waals surface area contributed by atoms with Gasteiger partial charge < -0.3 is 0 Å². The summed E-state index contributed by atoms with van der Waals surface area (Å²) in [6, 6.07) is 16.1. The molecular formula is C22H24S. The first-order chi connectivity index (χ1) is 11.3. The van der Waals surface area contributed by atoms with Crippen molar-refractivity contribution < 1.29 is 0 Å². The molecule has 0 N–H and O–H groups in total. The third-order valence-corrected chi connectivity index (χ3v) is 6.00. The Bertz CT molecular complexity index is 758. The van der Waals surface area contributed by atoms with E-state index >= 15 is 0 Å². The highest BCUT2D eigenvalue weighted by Crippen LogP contribution is 2.59. The van der Waals surface area contributed by atoms with Crippen molar-refractivity contribution >= 4 is 12.6 Å². The van der Waals surface area contributed by atoms with Crippen LogP contribution in [0.2, 0.25) is 0 Å². The van der Waals surface area contributed by atoms with Crippen molar-refractivity contribution in [3.63, 3.8) is 0 Å². The van der Waals surface area contributed by atoms with Crippen LogP contribution < -0.4 is 0 Å². The largest absolute Gasteiger partial charge is 0.179 e. The van der Waals surface area contributed by atoms with Crippen molar-refractivity contribution in [1.82, 2.24) is 0 Å². The van der Waals surface area contributed by atoms with E-state index in [1.165, 1.54) is 36.0 Å². The van der Waals surface area contributed by atoms with Gasteiger partial charge in [-0.05, 0) is 60.1 Å². The summed E-state index contributed by atoms with van der Waals surface area (Å²) in [5, 5.41) is 0. The Morgan fingerprint density at radius 1 is 1.13 bits per heavy atom. The number of hydrogen-bond donors (Lipinski definition) is 1. The maximum atomic E-state index is 4.35. The summed E-state index contributed by atoms with van der Waals surface area (Å²) >= 11 is 4.35. The van der Waals surface area contributed by atoms with E-state index in [4.69, 9.17) is 0 Å². The minimum absolute atomic E-state index is 0.199. The number of allylic oxidation sites excluding steroid dienone is 2. The van der Waals surface area contributed by atoms with Crippen LogP contribution in [0.1, 0.15) is 42.4 Å². The van der Waals surface area contributed by atoms with Crippen molar-refractivity contribution in [3.8, 4) is 11.1 Å². The standard InChI is InChI=1S/C22H24S/c1-16-11-12-19-18-9-2-3-10-20(18)22(21(19)15-16)13-6-8-17(22)7-4-5-14-23/h2-4,7,9-12,15,17,23H,5-6,8,13-14H2,1H3/b7-4+. The molecule has 1 heteroatoms. The third kappa shape index (κ3) is 2.21. The van der Waals surface area contributed by atoms with Crippen LogP contribution in [0.3, 0.4) is 0 Å². The van der Waals surface area contributed by atoms with E-state index in [9.17, 15) is 0 Å². The second-order valence-electron chi connectivity index (χ2n) is 7.01. The smallest absolute Gasteiger partial charge is 0.0277 e. The van der Waals surface area contributed by atoms with E-state index in [1.54, 1.807) is 11.1 Å². The Kier molecular flexibility index (Phi) is 3.85. The number of rotatable bonds is 3. The van der Waals surface area contributed by atoms with Crippen molar-refractivity contribution in [2.75, 3.05) is 5.75 Å². The summed E-state index contributed by atoms with van der Waals surface area (Å²) in [5.41, 5.74) is 7.61. The Morgan fingerprint density at radius 2 is 1.96 bits per heavy atom. The van der Waals surface area contributed by atoms with E-state index in [0.29, 0.717) is 5.92 Å². The Morgan fingerprint density at radius 3 is 2.83 bits per heavy atom. The first-order valence-corrected chi connectivity index (χ1v) is 9.39. The molecule has 2 aliphatic rings. The lowest BCUT2D eigenvalue weighted by Gasteiger charge is -2.33. The van der Waals surface area contributed by atoms with Crippen LogP contribution >= 0.6 is 12.6 Å². The zero-order chi connectivity index (χ0) is 15.9. The summed E-state index contributed by atoms with van der Waals surface area (Å²) in [6.07, 6.45) is 9.79. The molecule has 0 bridgehead atoms. The molecule has 0 radical (unpaired) electrons. The highest BCUT2D eigenvalue weighted by Gasteiger charge is 2.50. The number of hydrogen-bond acceptors (Lipinski definition) is 1.